The lowest BCUT2D eigenvalue weighted by Crippen LogP contribution is -2.39. The Bertz CT molecular complexity index is 613. The number of carbonyl (C=O) groups is 1. The van der Waals surface area contributed by atoms with Gasteiger partial charge in [-0.15, -0.1) is 0 Å². The quantitative estimate of drug-likeness (QED) is 0.479. The molecule has 1 aromatic carbocycles. The highest BCUT2D eigenvalue weighted by molar-refractivity contribution is 5.95. The summed E-state index contributed by atoms with van der Waals surface area (Å²) in [5.74, 6) is 1.83. The van der Waals surface area contributed by atoms with Crippen LogP contribution in [0.4, 0.5) is 5.69 Å². The molecule has 2 atom stereocenters. The molecule has 1 saturated carbocycles. The minimum Gasteiger partial charge on any atom is -0.357 e. The Balaban J connectivity index is 1.45. The standard InChI is InChI=1S/C19H28N4O/c1-3-20-19(22-16-13-14(16)2)21-11-6-9-18(24)23-12-10-15-7-4-5-8-17(15)23/h4-5,7-8,14,16H,3,6,9-13H2,1-2H3,(H2,20,21,22). The molecule has 1 aliphatic heterocycles. The molecule has 1 aliphatic carbocycles. The van der Waals surface area contributed by atoms with Gasteiger partial charge in [0.05, 0.1) is 0 Å². The fourth-order valence-electron chi connectivity index (χ4n) is 3.17. The van der Waals surface area contributed by atoms with Gasteiger partial charge in [0.1, 0.15) is 0 Å². The lowest BCUT2D eigenvalue weighted by molar-refractivity contribution is -0.118. The van der Waals surface area contributed by atoms with Crippen molar-refractivity contribution in [2.45, 2.75) is 45.6 Å². The molecule has 0 bridgehead atoms. The molecule has 5 heteroatoms. The number of benzene rings is 1. The second-order valence-corrected chi connectivity index (χ2v) is 6.75. The summed E-state index contributed by atoms with van der Waals surface area (Å²) in [7, 11) is 0. The average molecular weight is 328 g/mol. The Morgan fingerprint density at radius 2 is 2.17 bits per heavy atom. The van der Waals surface area contributed by atoms with Crippen molar-refractivity contribution < 1.29 is 4.79 Å². The summed E-state index contributed by atoms with van der Waals surface area (Å²) in [6.45, 7) is 6.66. The zero-order valence-corrected chi connectivity index (χ0v) is 14.7. The van der Waals surface area contributed by atoms with Crippen LogP contribution < -0.4 is 15.5 Å². The number of nitrogens with one attached hydrogen (secondary N) is 2. The number of nitrogens with zero attached hydrogens (tertiary/aromatic N) is 2. The summed E-state index contributed by atoms with van der Waals surface area (Å²) in [5, 5.41) is 6.72. The molecule has 1 fully saturated rings. The summed E-state index contributed by atoms with van der Waals surface area (Å²) < 4.78 is 0. The van der Waals surface area contributed by atoms with Gasteiger partial charge in [0.15, 0.2) is 5.96 Å². The predicted molar refractivity (Wildman–Crippen MR) is 98.4 cm³/mol. The molecule has 5 nitrogen and oxygen atoms in total. The molecule has 2 aliphatic rings. The first kappa shape index (κ1) is 16.8. The molecule has 3 rings (SSSR count). The molecule has 0 saturated heterocycles. The van der Waals surface area contributed by atoms with Crippen LogP contribution in [0, 0.1) is 5.92 Å². The summed E-state index contributed by atoms with van der Waals surface area (Å²) in [5.41, 5.74) is 2.37. The van der Waals surface area contributed by atoms with E-state index in [-0.39, 0.29) is 5.91 Å². The van der Waals surface area contributed by atoms with E-state index in [1.165, 1.54) is 12.0 Å². The van der Waals surface area contributed by atoms with E-state index in [9.17, 15) is 4.79 Å². The van der Waals surface area contributed by atoms with Crippen molar-refractivity contribution in [3.63, 3.8) is 0 Å². The molecule has 1 amide bonds. The first-order chi connectivity index (χ1) is 11.7. The molecule has 0 radical (unpaired) electrons. The number of hydrogen-bond acceptors (Lipinski definition) is 2. The molecule has 1 heterocycles. The van der Waals surface area contributed by atoms with Crippen LogP contribution in [0.25, 0.3) is 0 Å². The first-order valence-electron chi connectivity index (χ1n) is 9.12. The molecular formula is C19H28N4O. The normalized spacial score (nSPS) is 22.2. The fourth-order valence-corrected chi connectivity index (χ4v) is 3.17. The molecule has 0 aromatic heterocycles. The summed E-state index contributed by atoms with van der Waals surface area (Å²) in [6, 6.07) is 8.76. The highest BCUT2D eigenvalue weighted by Gasteiger charge is 2.33. The Kier molecular flexibility index (Phi) is 5.38. The number of aliphatic imine (C=N–C) groups is 1. The lowest BCUT2D eigenvalue weighted by Gasteiger charge is -2.17. The second kappa shape index (κ2) is 7.69. The molecule has 1 aromatic rings. The van der Waals surface area contributed by atoms with Crippen molar-refractivity contribution in [3.8, 4) is 0 Å². The van der Waals surface area contributed by atoms with E-state index >= 15 is 0 Å². The highest BCUT2D eigenvalue weighted by Crippen LogP contribution is 2.29. The van der Waals surface area contributed by atoms with Crippen LogP contribution in [-0.4, -0.2) is 37.5 Å². The third-order valence-electron chi connectivity index (χ3n) is 4.78. The summed E-state index contributed by atoms with van der Waals surface area (Å²) in [4.78, 5) is 19.0. The van der Waals surface area contributed by atoms with Crippen molar-refractivity contribution in [2.75, 3.05) is 24.5 Å². The third-order valence-corrected chi connectivity index (χ3v) is 4.78. The van der Waals surface area contributed by atoms with Crippen LogP contribution in [0.2, 0.25) is 0 Å². The number of anilines is 1. The van der Waals surface area contributed by atoms with Gasteiger partial charge < -0.3 is 15.5 Å². The van der Waals surface area contributed by atoms with E-state index in [4.69, 9.17) is 0 Å². The van der Waals surface area contributed by atoms with Gasteiger partial charge in [-0.1, -0.05) is 25.1 Å². The van der Waals surface area contributed by atoms with Crippen molar-refractivity contribution in [1.29, 1.82) is 0 Å². The van der Waals surface area contributed by atoms with Gasteiger partial charge >= 0.3 is 0 Å². The van der Waals surface area contributed by atoms with Gasteiger partial charge in [-0.2, -0.15) is 0 Å². The fraction of sp³-hybridized carbons (Fsp3) is 0.579. The number of amides is 1. The van der Waals surface area contributed by atoms with Crippen LogP contribution in [0.5, 0.6) is 0 Å². The van der Waals surface area contributed by atoms with Crippen LogP contribution in [0.3, 0.4) is 0 Å². The van der Waals surface area contributed by atoms with E-state index in [2.05, 4.69) is 35.5 Å². The van der Waals surface area contributed by atoms with Crippen LogP contribution in [0.1, 0.15) is 38.7 Å². The monoisotopic (exact) mass is 328 g/mol. The highest BCUT2D eigenvalue weighted by atomic mass is 16.2. The van der Waals surface area contributed by atoms with Crippen molar-refractivity contribution in [3.05, 3.63) is 29.8 Å². The Hall–Kier alpha value is -2.04. The topological polar surface area (TPSA) is 56.7 Å². The van der Waals surface area contributed by atoms with E-state index in [0.717, 1.165) is 43.5 Å². The van der Waals surface area contributed by atoms with Gasteiger partial charge in [-0.05, 0) is 43.7 Å². The maximum atomic E-state index is 12.5. The maximum Gasteiger partial charge on any atom is 0.227 e. The van der Waals surface area contributed by atoms with E-state index in [0.29, 0.717) is 19.0 Å². The third kappa shape index (κ3) is 4.08. The minimum atomic E-state index is 0.212. The first-order valence-corrected chi connectivity index (χ1v) is 9.12. The van der Waals surface area contributed by atoms with E-state index < -0.39 is 0 Å². The summed E-state index contributed by atoms with van der Waals surface area (Å²) >= 11 is 0. The Labute approximate surface area is 144 Å². The molecular weight excluding hydrogens is 300 g/mol. The van der Waals surface area contributed by atoms with Gasteiger partial charge in [-0.3, -0.25) is 9.79 Å². The number of fused-ring (bicyclic) bond motifs is 1. The van der Waals surface area contributed by atoms with Crippen molar-refractivity contribution in [1.82, 2.24) is 10.6 Å². The predicted octanol–water partition coefficient (Wildman–Crippen LogP) is 2.32. The van der Waals surface area contributed by atoms with Crippen LogP contribution in [0.15, 0.2) is 29.3 Å². The van der Waals surface area contributed by atoms with Gasteiger partial charge in [0, 0.05) is 37.8 Å². The zero-order valence-electron chi connectivity index (χ0n) is 14.7. The Morgan fingerprint density at radius 1 is 1.38 bits per heavy atom. The van der Waals surface area contributed by atoms with Gasteiger partial charge in [0.25, 0.3) is 0 Å². The molecule has 0 spiro atoms. The van der Waals surface area contributed by atoms with Crippen molar-refractivity contribution in [2.24, 2.45) is 10.9 Å². The van der Waals surface area contributed by atoms with Gasteiger partial charge in [-0.25, -0.2) is 0 Å². The SMILES string of the molecule is CCNC(=NCCCC(=O)N1CCc2ccccc21)NC1CC1C. The molecule has 24 heavy (non-hydrogen) atoms. The number of guanidine groups is 1. The molecule has 2 N–H and O–H groups in total. The smallest absolute Gasteiger partial charge is 0.227 e. The maximum absolute atomic E-state index is 12.5. The number of rotatable bonds is 6. The number of carbonyl (C=O) groups excluding carboxylic acids is 1. The van der Waals surface area contributed by atoms with E-state index in [1.54, 1.807) is 0 Å². The number of para-hydroxylation sites is 1. The number of hydrogen-bond donors (Lipinski definition) is 2. The van der Waals surface area contributed by atoms with Crippen LogP contribution >= 0.6 is 0 Å². The molecule has 2 unspecified atom stereocenters. The minimum absolute atomic E-state index is 0.212. The zero-order chi connectivity index (χ0) is 16.9. The van der Waals surface area contributed by atoms with Gasteiger partial charge in [0.2, 0.25) is 5.91 Å². The van der Waals surface area contributed by atoms with E-state index in [1.807, 2.05) is 23.1 Å². The summed E-state index contributed by atoms with van der Waals surface area (Å²) in [6.07, 6.45) is 3.52. The largest absolute Gasteiger partial charge is 0.357 e. The second-order valence-electron chi connectivity index (χ2n) is 6.75. The average Bonchev–Trinajstić information content (AvgIpc) is 3.11. The Morgan fingerprint density at radius 3 is 2.92 bits per heavy atom. The van der Waals surface area contributed by atoms with Crippen molar-refractivity contribution >= 4 is 17.6 Å². The lowest BCUT2D eigenvalue weighted by atomic mass is 10.2. The molecule has 130 valence electrons. The van der Waals surface area contributed by atoms with Crippen LogP contribution in [-0.2, 0) is 11.2 Å².